The van der Waals surface area contributed by atoms with E-state index in [0.29, 0.717) is 5.75 Å². The Balaban J connectivity index is 1.79. The van der Waals surface area contributed by atoms with Gasteiger partial charge in [0.25, 0.3) is 0 Å². The molecule has 1 atom stereocenters. The molecule has 0 aromatic heterocycles. The number of rotatable bonds is 5. The van der Waals surface area contributed by atoms with E-state index in [1.807, 2.05) is 42.5 Å². The molecule has 0 amide bonds. The number of methoxy groups -OCH3 is 2. The molecule has 27 heavy (non-hydrogen) atoms. The van der Waals surface area contributed by atoms with Crippen molar-refractivity contribution in [2.45, 2.75) is 6.04 Å². The molecule has 0 radical (unpaired) electrons. The quantitative estimate of drug-likeness (QED) is 0.710. The standard InChI is InChI=1S/C23H22N2O2/c1-26-22-15-9-14-19(23(22)27-2)20-16-21(17-10-5-3-6-11-17)25(24-20)18-12-7-4-8-13-18/h3-16,21,24H,1-2H3. The largest absolute Gasteiger partial charge is 0.493 e. The summed E-state index contributed by atoms with van der Waals surface area (Å²) in [7, 11) is 3.32. The highest BCUT2D eigenvalue weighted by molar-refractivity contribution is 5.77. The number of para-hydroxylation sites is 2. The maximum Gasteiger partial charge on any atom is 0.170 e. The maximum absolute atomic E-state index is 5.64. The summed E-state index contributed by atoms with van der Waals surface area (Å²) in [6.07, 6.45) is 2.22. The monoisotopic (exact) mass is 358 g/mol. The number of hydrogen-bond donors (Lipinski definition) is 1. The summed E-state index contributed by atoms with van der Waals surface area (Å²) in [5.74, 6) is 1.44. The van der Waals surface area contributed by atoms with Crippen molar-refractivity contribution in [1.82, 2.24) is 5.43 Å². The van der Waals surface area contributed by atoms with Gasteiger partial charge >= 0.3 is 0 Å². The smallest absolute Gasteiger partial charge is 0.170 e. The van der Waals surface area contributed by atoms with Gasteiger partial charge in [0.1, 0.15) is 0 Å². The molecule has 0 saturated carbocycles. The van der Waals surface area contributed by atoms with Crippen LogP contribution in [0.4, 0.5) is 5.69 Å². The second kappa shape index (κ2) is 7.46. The Bertz CT molecular complexity index is 939. The summed E-state index contributed by atoms with van der Waals surface area (Å²) >= 11 is 0. The molecular formula is C23H22N2O2. The molecule has 1 heterocycles. The summed E-state index contributed by atoms with van der Waals surface area (Å²) in [5.41, 5.74) is 7.83. The number of benzene rings is 3. The number of nitrogens with zero attached hydrogens (tertiary/aromatic N) is 1. The molecule has 0 bridgehead atoms. The Kier molecular flexibility index (Phi) is 4.71. The molecule has 0 fully saturated rings. The van der Waals surface area contributed by atoms with Gasteiger partial charge in [-0.3, -0.25) is 10.4 Å². The number of ether oxygens (including phenoxy) is 2. The van der Waals surface area contributed by atoms with Gasteiger partial charge in [-0.25, -0.2) is 0 Å². The average Bonchev–Trinajstić information content (AvgIpc) is 3.19. The first-order valence-corrected chi connectivity index (χ1v) is 8.91. The van der Waals surface area contributed by atoms with E-state index < -0.39 is 0 Å². The van der Waals surface area contributed by atoms with E-state index in [1.165, 1.54) is 5.56 Å². The second-order valence-electron chi connectivity index (χ2n) is 6.29. The van der Waals surface area contributed by atoms with Gasteiger partial charge < -0.3 is 9.47 Å². The summed E-state index contributed by atoms with van der Waals surface area (Å²) in [5, 5.41) is 2.17. The number of hydrogen-bond acceptors (Lipinski definition) is 4. The lowest BCUT2D eigenvalue weighted by Crippen LogP contribution is -2.33. The van der Waals surface area contributed by atoms with Crippen LogP contribution in [0, 0.1) is 0 Å². The zero-order chi connectivity index (χ0) is 18.6. The molecule has 0 aliphatic carbocycles. The minimum atomic E-state index is 0.0690. The van der Waals surface area contributed by atoms with Crippen LogP contribution in [0.25, 0.3) is 5.70 Å². The Hall–Kier alpha value is -3.40. The summed E-state index contributed by atoms with van der Waals surface area (Å²) in [4.78, 5) is 0. The molecule has 0 spiro atoms. The Morgan fingerprint density at radius 1 is 0.778 bits per heavy atom. The number of nitrogens with one attached hydrogen (secondary N) is 1. The van der Waals surface area contributed by atoms with Crippen molar-refractivity contribution in [2.75, 3.05) is 19.2 Å². The van der Waals surface area contributed by atoms with E-state index in [-0.39, 0.29) is 6.04 Å². The molecule has 3 aromatic carbocycles. The van der Waals surface area contributed by atoms with Gasteiger partial charge in [-0.1, -0.05) is 54.6 Å². The Labute approximate surface area is 159 Å². The molecule has 4 rings (SSSR count). The van der Waals surface area contributed by atoms with Gasteiger partial charge in [0.2, 0.25) is 0 Å². The van der Waals surface area contributed by atoms with Gasteiger partial charge in [0.05, 0.1) is 31.6 Å². The third-order valence-corrected chi connectivity index (χ3v) is 4.71. The number of hydrazine groups is 1. The minimum Gasteiger partial charge on any atom is -0.493 e. The van der Waals surface area contributed by atoms with E-state index in [0.717, 1.165) is 22.7 Å². The summed E-state index contributed by atoms with van der Waals surface area (Å²) < 4.78 is 11.1. The highest BCUT2D eigenvalue weighted by Crippen LogP contribution is 2.40. The van der Waals surface area contributed by atoms with Crippen molar-refractivity contribution in [3.8, 4) is 11.5 Å². The van der Waals surface area contributed by atoms with Crippen LogP contribution in [0.15, 0.2) is 84.9 Å². The van der Waals surface area contributed by atoms with Crippen LogP contribution in [0.1, 0.15) is 17.2 Å². The molecule has 0 saturated heterocycles. The normalized spacial score (nSPS) is 15.9. The van der Waals surface area contributed by atoms with E-state index in [1.54, 1.807) is 14.2 Å². The van der Waals surface area contributed by atoms with Crippen LogP contribution in [-0.4, -0.2) is 14.2 Å². The average molecular weight is 358 g/mol. The molecule has 3 aromatic rings. The van der Waals surface area contributed by atoms with Crippen LogP contribution in [0.3, 0.4) is 0 Å². The van der Waals surface area contributed by atoms with E-state index in [2.05, 4.69) is 52.9 Å². The molecule has 1 N–H and O–H groups in total. The van der Waals surface area contributed by atoms with Crippen LogP contribution in [0.2, 0.25) is 0 Å². The maximum atomic E-state index is 5.64. The van der Waals surface area contributed by atoms with Crippen molar-refractivity contribution in [1.29, 1.82) is 0 Å². The van der Waals surface area contributed by atoms with Gasteiger partial charge in [-0.2, -0.15) is 0 Å². The predicted octanol–water partition coefficient (Wildman–Crippen LogP) is 4.81. The molecule has 1 unspecified atom stereocenters. The minimum absolute atomic E-state index is 0.0690. The van der Waals surface area contributed by atoms with Crippen molar-refractivity contribution in [3.05, 3.63) is 96.1 Å². The third-order valence-electron chi connectivity index (χ3n) is 4.71. The molecule has 136 valence electrons. The molecular weight excluding hydrogens is 336 g/mol. The van der Waals surface area contributed by atoms with Crippen LogP contribution in [0.5, 0.6) is 11.5 Å². The first-order valence-electron chi connectivity index (χ1n) is 8.91. The molecule has 1 aliphatic rings. The van der Waals surface area contributed by atoms with Crippen LogP contribution in [-0.2, 0) is 0 Å². The number of anilines is 1. The van der Waals surface area contributed by atoms with Crippen LogP contribution < -0.4 is 19.9 Å². The van der Waals surface area contributed by atoms with Crippen molar-refractivity contribution in [2.24, 2.45) is 0 Å². The zero-order valence-corrected chi connectivity index (χ0v) is 15.4. The van der Waals surface area contributed by atoms with Crippen molar-refractivity contribution in [3.63, 3.8) is 0 Å². The van der Waals surface area contributed by atoms with Crippen molar-refractivity contribution >= 4 is 11.4 Å². The third kappa shape index (κ3) is 3.22. The topological polar surface area (TPSA) is 33.7 Å². The highest BCUT2D eigenvalue weighted by atomic mass is 16.5. The lowest BCUT2D eigenvalue weighted by atomic mass is 10.0. The SMILES string of the molecule is COc1cccc(C2=CC(c3ccccc3)N(c3ccccc3)N2)c1OC. The van der Waals surface area contributed by atoms with E-state index in [9.17, 15) is 0 Å². The van der Waals surface area contributed by atoms with Crippen molar-refractivity contribution < 1.29 is 9.47 Å². The first-order chi connectivity index (χ1) is 13.3. The fourth-order valence-corrected chi connectivity index (χ4v) is 3.43. The van der Waals surface area contributed by atoms with Gasteiger partial charge in [0, 0.05) is 5.56 Å². The summed E-state index contributed by atoms with van der Waals surface area (Å²) in [6.45, 7) is 0. The zero-order valence-electron chi connectivity index (χ0n) is 15.4. The van der Waals surface area contributed by atoms with Gasteiger partial charge in [0.15, 0.2) is 11.5 Å². The van der Waals surface area contributed by atoms with Gasteiger partial charge in [-0.15, -0.1) is 0 Å². The Morgan fingerprint density at radius 2 is 1.48 bits per heavy atom. The highest BCUT2D eigenvalue weighted by Gasteiger charge is 2.28. The predicted molar refractivity (Wildman–Crippen MR) is 109 cm³/mol. The molecule has 4 heteroatoms. The lowest BCUT2D eigenvalue weighted by molar-refractivity contribution is 0.354. The summed E-state index contributed by atoms with van der Waals surface area (Å²) in [6, 6.07) is 26.8. The molecule has 1 aliphatic heterocycles. The van der Waals surface area contributed by atoms with E-state index >= 15 is 0 Å². The fraction of sp³-hybridized carbons (Fsp3) is 0.130. The first kappa shape index (κ1) is 17.0. The van der Waals surface area contributed by atoms with Gasteiger partial charge in [-0.05, 0) is 35.9 Å². The lowest BCUT2D eigenvalue weighted by Gasteiger charge is -2.27. The van der Waals surface area contributed by atoms with E-state index in [4.69, 9.17) is 9.47 Å². The molecule has 4 nitrogen and oxygen atoms in total. The van der Waals surface area contributed by atoms with Crippen LogP contribution >= 0.6 is 0 Å². The fourth-order valence-electron chi connectivity index (χ4n) is 3.43. The Morgan fingerprint density at radius 3 is 2.15 bits per heavy atom. The second-order valence-corrected chi connectivity index (χ2v) is 6.29.